The van der Waals surface area contributed by atoms with Crippen molar-refractivity contribution >= 4 is 11.5 Å². The van der Waals surface area contributed by atoms with Crippen molar-refractivity contribution in [3.63, 3.8) is 0 Å². The molecule has 0 spiro atoms. The normalized spacial score (nSPS) is 22.3. The number of aromatic nitrogens is 1. The van der Waals surface area contributed by atoms with Crippen LogP contribution in [0.5, 0.6) is 0 Å². The monoisotopic (exact) mass is 257 g/mol. The van der Waals surface area contributed by atoms with E-state index in [1.165, 1.54) is 4.90 Å². The number of aryl methyl sites for hydroxylation is 1. The number of pyridine rings is 1. The average Bonchev–Trinajstić information content (AvgIpc) is 2.68. The number of alkyl halides is 3. The summed E-state index contributed by atoms with van der Waals surface area (Å²) in [6, 6.07) is 1.79. The molecule has 3 nitrogen and oxygen atoms in total. The van der Waals surface area contributed by atoms with Crippen molar-refractivity contribution in [2.24, 2.45) is 0 Å². The number of hydrogen-bond donors (Lipinski definition) is 0. The lowest BCUT2D eigenvalue weighted by Crippen LogP contribution is -2.47. The van der Waals surface area contributed by atoms with Gasteiger partial charge in [-0.1, -0.05) is 0 Å². The van der Waals surface area contributed by atoms with Gasteiger partial charge in [0.05, 0.1) is 11.7 Å². The van der Waals surface area contributed by atoms with E-state index in [-0.39, 0.29) is 6.04 Å². The molecular weight excluding hydrogens is 243 g/mol. The molecule has 2 bridgehead atoms. The van der Waals surface area contributed by atoms with Gasteiger partial charge in [-0.05, 0) is 25.0 Å². The van der Waals surface area contributed by atoms with Crippen molar-refractivity contribution in [2.75, 3.05) is 29.4 Å². The zero-order valence-electron chi connectivity index (χ0n) is 10.0. The van der Waals surface area contributed by atoms with Gasteiger partial charge in [-0.25, -0.2) is 4.98 Å². The average molecular weight is 257 g/mol. The lowest BCUT2D eigenvalue weighted by Gasteiger charge is -2.38. The second-order valence-electron chi connectivity index (χ2n) is 4.93. The van der Waals surface area contributed by atoms with Crippen LogP contribution in [0.3, 0.4) is 0 Å². The summed E-state index contributed by atoms with van der Waals surface area (Å²) in [5.41, 5.74) is 1.86. The molecule has 1 saturated heterocycles. The lowest BCUT2D eigenvalue weighted by atomic mass is 10.1. The molecule has 1 aromatic rings. The summed E-state index contributed by atoms with van der Waals surface area (Å²) in [6.45, 7) is 2.51. The predicted octanol–water partition coefficient (Wildman–Crippen LogP) is 2.35. The van der Waals surface area contributed by atoms with E-state index in [1.807, 2.05) is 13.0 Å². The SMILES string of the molecule is Cc1ccnc2c1N1CC[C@@H](C1)N2CC(F)(F)F. The third-order valence-corrected chi connectivity index (χ3v) is 3.65. The van der Waals surface area contributed by atoms with E-state index < -0.39 is 12.7 Å². The van der Waals surface area contributed by atoms with E-state index in [1.54, 1.807) is 6.20 Å². The molecular formula is C12H14F3N3. The van der Waals surface area contributed by atoms with Gasteiger partial charge in [-0.2, -0.15) is 13.2 Å². The van der Waals surface area contributed by atoms with Gasteiger partial charge in [-0.15, -0.1) is 0 Å². The largest absolute Gasteiger partial charge is 0.405 e. The third kappa shape index (κ3) is 1.79. The number of halogens is 3. The highest BCUT2D eigenvalue weighted by Crippen LogP contribution is 2.41. The molecule has 3 heterocycles. The topological polar surface area (TPSA) is 19.4 Å². The van der Waals surface area contributed by atoms with Crippen LogP contribution in [0.4, 0.5) is 24.7 Å². The van der Waals surface area contributed by atoms with Crippen molar-refractivity contribution < 1.29 is 13.2 Å². The van der Waals surface area contributed by atoms with Gasteiger partial charge in [0.2, 0.25) is 0 Å². The Morgan fingerprint density at radius 1 is 1.44 bits per heavy atom. The number of nitrogens with zero attached hydrogens (tertiary/aromatic N) is 3. The van der Waals surface area contributed by atoms with Crippen molar-refractivity contribution in [3.05, 3.63) is 17.8 Å². The smallest absolute Gasteiger partial charge is 0.366 e. The molecule has 1 fully saturated rings. The second-order valence-corrected chi connectivity index (χ2v) is 4.93. The Labute approximate surface area is 103 Å². The Hall–Kier alpha value is -1.46. The van der Waals surface area contributed by atoms with E-state index in [4.69, 9.17) is 0 Å². The molecule has 2 aliphatic rings. The summed E-state index contributed by atoms with van der Waals surface area (Å²) < 4.78 is 38.0. The van der Waals surface area contributed by atoms with Crippen LogP contribution >= 0.6 is 0 Å². The summed E-state index contributed by atoms with van der Waals surface area (Å²) >= 11 is 0. The summed E-state index contributed by atoms with van der Waals surface area (Å²) in [4.78, 5) is 7.74. The Bertz CT molecular complexity index is 472. The first-order valence-electron chi connectivity index (χ1n) is 5.99. The maximum atomic E-state index is 12.7. The molecule has 98 valence electrons. The molecule has 0 radical (unpaired) electrons. The minimum Gasteiger partial charge on any atom is -0.366 e. The van der Waals surface area contributed by atoms with Crippen LogP contribution < -0.4 is 9.80 Å². The Balaban J connectivity index is 2.04. The lowest BCUT2D eigenvalue weighted by molar-refractivity contribution is -0.120. The minimum absolute atomic E-state index is 0.0616. The van der Waals surface area contributed by atoms with Crippen molar-refractivity contribution in [3.8, 4) is 0 Å². The van der Waals surface area contributed by atoms with Gasteiger partial charge in [0.25, 0.3) is 0 Å². The van der Waals surface area contributed by atoms with Crippen molar-refractivity contribution in [1.82, 2.24) is 4.98 Å². The summed E-state index contributed by atoms with van der Waals surface area (Å²) in [7, 11) is 0. The van der Waals surface area contributed by atoms with Gasteiger partial charge >= 0.3 is 6.18 Å². The van der Waals surface area contributed by atoms with Crippen LogP contribution in [0.15, 0.2) is 12.3 Å². The van der Waals surface area contributed by atoms with Crippen molar-refractivity contribution in [1.29, 1.82) is 0 Å². The molecule has 18 heavy (non-hydrogen) atoms. The van der Waals surface area contributed by atoms with Crippen LogP contribution in [0.2, 0.25) is 0 Å². The van der Waals surface area contributed by atoms with Crippen LogP contribution in [-0.4, -0.2) is 36.8 Å². The predicted molar refractivity (Wildman–Crippen MR) is 63.0 cm³/mol. The minimum atomic E-state index is -4.19. The molecule has 1 aromatic heterocycles. The van der Waals surface area contributed by atoms with E-state index >= 15 is 0 Å². The van der Waals surface area contributed by atoms with Gasteiger partial charge in [0, 0.05) is 19.3 Å². The number of hydrogen-bond acceptors (Lipinski definition) is 3. The first-order chi connectivity index (χ1) is 8.46. The van der Waals surface area contributed by atoms with E-state index in [0.29, 0.717) is 12.4 Å². The van der Waals surface area contributed by atoms with Gasteiger partial charge < -0.3 is 9.80 Å². The first-order valence-corrected chi connectivity index (χ1v) is 5.99. The summed E-state index contributed by atoms with van der Waals surface area (Å²) in [5.74, 6) is 0.487. The van der Waals surface area contributed by atoms with Crippen LogP contribution in [0.25, 0.3) is 0 Å². The zero-order chi connectivity index (χ0) is 12.9. The fourth-order valence-corrected chi connectivity index (χ4v) is 2.91. The molecule has 0 unspecified atom stereocenters. The molecule has 3 rings (SSSR count). The standard InChI is InChI=1S/C12H14F3N3/c1-8-2-4-16-11-10(8)17-5-3-9(6-17)18(11)7-12(13,14)15/h2,4,9H,3,5-7H2,1H3/t9-/m0/s1. The maximum Gasteiger partial charge on any atom is 0.405 e. The highest BCUT2D eigenvalue weighted by atomic mass is 19.4. The van der Waals surface area contributed by atoms with Crippen LogP contribution in [0.1, 0.15) is 12.0 Å². The number of anilines is 2. The zero-order valence-corrected chi connectivity index (χ0v) is 10.0. The fourth-order valence-electron chi connectivity index (χ4n) is 2.91. The summed E-state index contributed by atoms with van der Waals surface area (Å²) in [6.07, 6.45) is -1.83. The van der Waals surface area contributed by atoms with E-state index in [0.717, 1.165) is 24.2 Å². The Morgan fingerprint density at radius 3 is 2.94 bits per heavy atom. The number of rotatable bonds is 1. The Morgan fingerprint density at radius 2 is 2.22 bits per heavy atom. The van der Waals surface area contributed by atoms with Crippen LogP contribution in [-0.2, 0) is 0 Å². The Kier molecular flexibility index (Phi) is 2.43. The fraction of sp³-hybridized carbons (Fsp3) is 0.583. The molecule has 0 N–H and O–H groups in total. The molecule has 0 amide bonds. The first kappa shape index (κ1) is 11.6. The van der Waals surface area contributed by atoms with E-state index in [2.05, 4.69) is 9.88 Å². The van der Waals surface area contributed by atoms with Crippen LogP contribution in [0, 0.1) is 6.92 Å². The number of fused-ring (bicyclic) bond motifs is 4. The maximum absolute atomic E-state index is 12.7. The van der Waals surface area contributed by atoms with Gasteiger partial charge in [-0.3, -0.25) is 0 Å². The highest BCUT2D eigenvalue weighted by molar-refractivity contribution is 5.74. The molecule has 0 aliphatic carbocycles. The molecule has 1 atom stereocenters. The molecule has 2 aliphatic heterocycles. The molecule has 0 saturated carbocycles. The van der Waals surface area contributed by atoms with E-state index in [9.17, 15) is 13.2 Å². The quantitative estimate of drug-likeness (QED) is 0.770. The summed E-state index contributed by atoms with van der Waals surface area (Å²) in [5, 5.41) is 0. The van der Waals surface area contributed by atoms with Crippen molar-refractivity contribution in [2.45, 2.75) is 25.6 Å². The third-order valence-electron chi connectivity index (χ3n) is 3.65. The molecule has 0 aromatic carbocycles. The van der Waals surface area contributed by atoms with Gasteiger partial charge in [0.1, 0.15) is 6.54 Å². The highest BCUT2D eigenvalue weighted by Gasteiger charge is 2.42. The second kappa shape index (κ2) is 3.76. The van der Waals surface area contributed by atoms with Gasteiger partial charge in [0.15, 0.2) is 5.82 Å². The molecule has 6 heteroatoms.